The van der Waals surface area contributed by atoms with E-state index >= 15 is 0 Å². The number of hydrogen-bond acceptors (Lipinski definition) is 3. The fraction of sp³-hybridized carbons (Fsp3) is 0.368. The van der Waals surface area contributed by atoms with Gasteiger partial charge in [-0.3, -0.25) is 0 Å². The summed E-state index contributed by atoms with van der Waals surface area (Å²) in [5.41, 5.74) is 3.06. The molecule has 1 heterocycles. The molecule has 0 saturated heterocycles. The average Bonchev–Trinajstić information content (AvgIpc) is 2.68. The topological polar surface area (TPSA) is 15.3 Å². The number of hydrogen-bond donors (Lipinski definition) is 1. The lowest BCUT2D eigenvalue weighted by molar-refractivity contribution is -0.135. The molecule has 1 aliphatic heterocycles. The fourth-order valence-electron chi connectivity index (χ4n) is 2.79. The zero-order valence-corrected chi connectivity index (χ0v) is 16.3. The molecular weight excluding hydrogens is 381 g/mol. The van der Waals surface area contributed by atoms with Crippen LogP contribution in [0.3, 0.4) is 0 Å². The number of anilines is 1. The van der Waals surface area contributed by atoms with Gasteiger partial charge in [-0.15, -0.1) is 0 Å². The lowest BCUT2D eigenvalue weighted by Gasteiger charge is -2.23. The number of alkyl halides is 3. The number of para-hydroxylation sites is 1. The molecule has 1 N–H and O–H groups in total. The molecule has 0 radical (unpaired) electrons. The van der Waals surface area contributed by atoms with E-state index in [0.717, 1.165) is 21.7 Å². The Hall–Kier alpha value is -1.37. The first-order valence-corrected chi connectivity index (χ1v) is 9.39. The molecule has 2 nitrogen and oxygen atoms in total. The first-order chi connectivity index (χ1) is 12.2. The van der Waals surface area contributed by atoms with Crippen LogP contribution in [0.4, 0.5) is 18.9 Å². The van der Waals surface area contributed by atoms with Gasteiger partial charge in [-0.2, -0.15) is 13.2 Å². The van der Waals surface area contributed by atoms with Crippen molar-refractivity contribution in [1.29, 1.82) is 0 Å². The summed E-state index contributed by atoms with van der Waals surface area (Å²) in [6.45, 7) is 5.92. The quantitative estimate of drug-likeness (QED) is 0.339. The van der Waals surface area contributed by atoms with E-state index in [-0.39, 0.29) is 19.0 Å². The molecule has 7 heteroatoms. The minimum Gasteiger partial charge on any atom is -0.315 e. The Morgan fingerprint density at radius 1 is 1.38 bits per heavy atom. The van der Waals surface area contributed by atoms with Crippen LogP contribution in [0.15, 0.2) is 58.5 Å². The molecule has 0 aliphatic carbocycles. The first kappa shape index (κ1) is 20.9. The minimum absolute atomic E-state index is 0.0387. The van der Waals surface area contributed by atoms with Crippen molar-refractivity contribution in [2.75, 3.05) is 17.9 Å². The Bertz CT molecular complexity index is 713. The second-order valence-electron chi connectivity index (χ2n) is 6.03. The lowest BCUT2D eigenvalue weighted by Crippen LogP contribution is -2.25. The van der Waals surface area contributed by atoms with Gasteiger partial charge in [-0.1, -0.05) is 42.5 Å². The average molecular weight is 403 g/mol. The summed E-state index contributed by atoms with van der Waals surface area (Å²) in [5, 5.41) is 3.80. The Balaban J connectivity index is 2.32. The molecule has 1 aromatic carbocycles. The third-order valence-electron chi connectivity index (χ3n) is 4.09. The number of halogens is 4. The highest BCUT2D eigenvalue weighted by Crippen LogP contribution is 2.42. The normalized spacial score (nSPS) is 18.6. The van der Waals surface area contributed by atoms with E-state index < -0.39 is 12.6 Å². The smallest absolute Gasteiger partial charge is 0.315 e. The number of benzene rings is 1. The van der Waals surface area contributed by atoms with E-state index in [9.17, 15) is 13.2 Å². The molecule has 0 saturated carbocycles. The van der Waals surface area contributed by atoms with E-state index in [1.165, 1.54) is 11.9 Å². The van der Waals surface area contributed by atoms with Gasteiger partial charge in [0.05, 0.1) is 11.7 Å². The minimum atomic E-state index is -4.13. The van der Waals surface area contributed by atoms with E-state index in [1.54, 1.807) is 6.08 Å². The number of nitrogens with one attached hydrogen (secondary N) is 1. The van der Waals surface area contributed by atoms with Gasteiger partial charge in [0.1, 0.15) is 0 Å². The first-order valence-electron chi connectivity index (χ1n) is 8.24. The fourth-order valence-corrected chi connectivity index (χ4v) is 3.96. The van der Waals surface area contributed by atoms with Crippen molar-refractivity contribution in [3.63, 3.8) is 0 Å². The number of nitrogens with zero attached hydrogens (tertiary/aromatic N) is 1. The maximum absolute atomic E-state index is 12.4. The molecular formula is C19H22ClF3N2S. The van der Waals surface area contributed by atoms with Crippen LogP contribution < -0.4 is 9.62 Å². The molecule has 142 valence electrons. The van der Waals surface area contributed by atoms with Crippen molar-refractivity contribution in [3.05, 3.63) is 64.1 Å². The summed E-state index contributed by atoms with van der Waals surface area (Å²) in [6, 6.07) is 7.70. The predicted molar refractivity (Wildman–Crippen MR) is 105 cm³/mol. The Morgan fingerprint density at radius 3 is 2.73 bits per heavy atom. The predicted octanol–water partition coefficient (Wildman–Crippen LogP) is 6.34. The zero-order valence-electron chi connectivity index (χ0n) is 14.7. The molecule has 0 aromatic heterocycles. The largest absolute Gasteiger partial charge is 0.389 e. The summed E-state index contributed by atoms with van der Waals surface area (Å²) >= 11 is 7.67. The van der Waals surface area contributed by atoms with E-state index in [4.69, 9.17) is 11.6 Å². The van der Waals surface area contributed by atoms with Gasteiger partial charge in [0.25, 0.3) is 0 Å². The van der Waals surface area contributed by atoms with Gasteiger partial charge < -0.3 is 9.62 Å². The highest BCUT2D eigenvalue weighted by molar-refractivity contribution is 8.04. The molecule has 1 aliphatic rings. The molecule has 0 bridgehead atoms. The molecule has 0 fully saturated rings. The van der Waals surface area contributed by atoms with Crippen molar-refractivity contribution < 1.29 is 13.2 Å². The summed E-state index contributed by atoms with van der Waals surface area (Å²) in [4.78, 5) is 0.946. The van der Waals surface area contributed by atoms with Gasteiger partial charge in [-0.25, -0.2) is 0 Å². The van der Waals surface area contributed by atoms with Crippen LogP contribution in [0.2, 0.25) is 0 Å². The highest BCUT2D eigenvalue weighted by atomic mass is 35.5. The van der Waals surface area contributed by atoms with Crippen LogP contribution >= 0.6 is 23.5 Å². The van der Waals surface area contributed by atoms with Crippen LogP contribution in [0.1, 0.15) is 31.4 Å². The monoisotopic (exact) mass is 402 g/mol. The van der Waals surface area contributed by atoms with Crippen molar-refractivity contribution in [3.8, 4) is 0 Å². The SMILES string of the molecule is C=C/C(Cl)=C\C1=C(C)C(NCCCC(F)(F)F)c2ccccc2N(C)S1. The maximum Gasteiger partial charge on any atom is 0.389 e. The van der Waals surface area contributed by atoms with Gasteiger partial charge in [0.15, 0.2) is 0 Å². The summed E-state index contributed by atoms with van der Waals surface area (Å²) in [5.74, 6) is 0. The third-order valence-corrected chi connectivity index (χ3v) is 5.46. The number of rotatable bonds is 6. The Labute approximate surface area is 161 Å². The molecule has 2 rings (SSSR count). The molecule has 0 amide bonds. The van der Waals surface area contributed by atoms with E-state index in [2.05, 4.69) is 11.9 Å². The zero-order chi connectivity index (χ0) is 19.3. The van der Waals surface area contributed by atoms with Crippen LogP contribution in [0.25, 0.3) is 0 Å². The van der Waals surface area contributed by atoms with Gasteiger partial charge >= 0.3 is 6.18 Å². The van der Waals surface area contributed by atoms with Crippen LogP contribution in [0.5, 0.6) is 0 Å². The van der Waals surface area contributed by atoms with E-state index in [1.807, 2.05) is 48.6 Å². The van der Waals surface area contributed by atoms with Crippen molar-refractivity contribution in [1.82, 2.24) is 5.32 Å². The Kier molecular flexibility index (Phi) is 7.26. The van der Waals surface area contributed by atoms with Crippen molar-refractivity contribution in [2.45, 2.75) is 32.0 Å². The van der Waals surface area contributed by atoms with Crippen molar-refractivity contribution in [2.24, 2.45) is 0 Å². The van der Waals surface area contributed by atoms with Gasteiger partial charge in [-0.05, 0) is 55.1 Å². The summed E-state index contributed by atoms with van der Waals surface area (Å²) < 4.78 is 39.3. The molecule has 26 heavy (non-hydrogen) atoms. The second-order valence-corrected chi connectivity index (χ2v) is 7.64. The molecule has 0 spiro atoms. The second kappa shape index (κ2) is 9.02. The van der Waals surface area contributed by atoms with Crippen LogP contribution in [-0.2, 0) is 0 Å². The lowest BCUT2D eigenvalue weighted by atomic mass is 9.97. The molecule has 1 unspecified atom stereocenters. The third kappa shape index (κ3) is 5.56. The molecule has 1 atom stereocenters. The molecule has 1 aromatic rings. The standard InChI is InChI=1S/C19H22ClF3N2S/c1-4-14(20)12-17-13(2)18(24-11-7-10-19(21,22)23)15-8-5-6-9-16(15)25(3)26-17/h4-6,8-9,12,18,24H,1,7,10-11H2,2-3H3/b14-12+. The van der Waals surface area contributed by atoms with E-state index in [0.29, 0.717) is 5.03 Å². The Morgan fingerprint density at radius 2 is 2.08 bits per heavy atom. The number of allylic oxidation sites excluding steroid dienone is 3. The summed E-state index contributed by atoms with van der Waals surface area (Å²) in [7, 11) is 1.96. The highest BCUT2D eigenvalue weighted by Gasteiger charge is 2.28. The van der Waals surface area contributed by atoms with Crippen LogP contribution in [0, 0.1) is 0 Å². The van der Waals surface area contributed by atoms with Gasteiger partial charge in [0.2, 0.25) is 0 Å². The van der Waals surface area contributed by atoms with Crippen molar-refractivity contribution >= 4 is 29.2 Å². The van der Waals surface area contributed by atoms with Gasteiger partial charge in [0, 0.05) is 23.4 Å². The maximum atomic E-state index is 12.4. The van der Waals surface area contributed by atoms with Crippen LogP contribution in [-0.4, -0.2) is 19.8 Å². The number of fused-ring (bicyclic) bond motifs is 1. The summed E-state index contributed by atoms with van der Waals surface area (Å²) in [6.07, 6.45) is -1.49.